The van der Waals surface area contributed by atoms with Crippen molar-refractivity contribution in [2.75, 3.05) is 32.6 Å². The Kier molecular flexibility index (Phi) is 10.9. The van der Waals surface area contributed by atoms with Crippen LogP contribution in [0.2, 0.25) is 0 Å². The second-order valence-electron chi connectivity index (χ2n) is 8.93. The summed E-state index contributed by atoms with van der Waals surface area (Å²) in [6.07, 6.45) is 0.756. The first-order chi connectivity index (χ1) is 17.9. The van der Waals surface area contributed by atoms with Crippen LogP contribution in [0.4, 0.5) is 10.5 Å². The van der Waals surface area contributed by atoms with E-state index >= 15 is 0 Å². The molecule has 0 saturated carbocycles. The summed E-state index contributed by atoms with van der Waals surface area (Å²) in [4.78, 5) is 27.8. The Morgan fingerprint density at radius 1 is 0.973 bits per heavy atom. The molecule has 3 aromatic carbocycles. The highest BCUT2D eigenvalue weighted by molar-refractivity contribution is 7.80. The van der Waals surface area contributed by atoms with E-state index in [0.717, 1.165) is 29.8 Å². The first-order valence-corrected chi connectivity index (χ1v) is 12.8. The fraction of sp³-hybridized carbons (Fsp3) is 0.310. The van der Waals surface area contributed by atoms with Crippen LogP contribution in [0.3, 0.4) is 0 Å². The van der Waals surface area contributed by atoms with Crippen molar-refractivity contribution in [3.05, 3.63) is 89.5 Å². The molecule has 7 nitrogen and oxygen atoms in total. The summed E-state index contributed by atoms with van der Waals surface area (Å²) in [5.41, 5.74) is 2.95. The number of carbonyl (C=O) groups excluding carboxylic acids is 2. The summed E-state index contributed by atoms with van der Waals surface area (Å²) in [5, 5.41) is 5.65. The van der Waals surface area contributed by atoms with Crippen molar-refractivity contribution < 1.29 is 19.1 Å². The molecule has 1 atom stereocenters. The second kappa shape index (κ2) is 14.3. The quantitative estimate of drug-likeness (QED) is 0.257. The molecular formula is C29H35N3O4S. The maximum Gasteiger partial charge on any atom is 0.408 e. The molecule has 0 aromatic heterocycles. The lowest BCUT2D eigenvalue weighted by Gasteiger charge is -2.19. The van der Waals surface area contributed by atoms with Gasteiger partial charge in [0.2, 0.25) is 0 Å². The number of ether oxygens (including phenoxy) is 2. The third-order valence-corrected chi connectivity index (χ3v) is 6.05. The van der Waals surface area contributed by atoms with Crippen molar-refractivity contribution in [3.63, 3.8) is 0 Å². The molecule has 0 heterocycles. The topological polar surface area (TPSA) is 79.9 Å². The minimum atomic E-state index is -0.489. The molecule has 0 radical (unpaired) electrons. The lowest BCUT2D eigenvalue weighted by Crippen LogP contribution is -2.25. The molecule has 0 aliphatic heterocycles. The monoisotopic (exact) mass is 521 g/mol. The molecule has 0 fully saturated rings. The fourth-order valence-corrected chi connectivity index (χ4v) is 3.79. The van der Waals surface area contributed by atoms with Crippen molar-refractivity contribution in [1.82, 2.24) is 10.2 Å². The smallest absolute Gasteiger partial charge is 0.408 e. The van der Waals surface area contributed by atoms with Crippen LogP contribution in [0.15, 0.2) is 77.7 Å². The number of para-hydroxylation sites is 1. The number of alkyl carbamates (subject to hydrolysis) is 1. The Hall–Kier alpha value is -3.49. The number of thiol groups is 1. The number of likely N-dealkylation sites (N-methyl/N-ethyl adjacent to an activating group) is 1. The Balaban J connectivity index is 1.50. The Morgan fingerprint density at radius 3 is 2.32 bits per heavy atom. The van der Waals surface area contributed by atoms with Crippen molar-refractivity contribution >= 4 is 30.3 Å². The first-order valence-electron chi connectivity index (χ1n) is 12.4. The molecule has 0 bridgehead atoms. The van der Waals surface area contributed by atoms with Crippen molar-refractivity contribution in [1.29, 1.82) is 0 Å². The number of carbonyl (C=O) groups is 2. The number of hydrogen-bond donors (Lipinski definition) is 3. The molecule has 0 saturated heterocycles. The lowest BCUT2D eigenvalue weighted by atomic mass is 10.1. The molecule has 0 aliphatic carbocycles. The molecule has 2 N–H and O–H groups in total. The lowest BCUT2D eigenvalue weighted by molar-refractivity contribution is 0.0915. The van der Waals surface area contributed by atoms with Gasteiger partial charge in [0.05, 0.1) is 5.69 Å². The molecule has 3 rings (SSSR count). The maximum absolute atomic E-state index is 12.5. The van der Waals surface area contributed by atoms with Gasteiger partial charge in [0.1, 0.15) is 18.5 Å². The van der Waals surface area contributed by atoms with Crippen LogP contribution >= 0.6 is 12.6 Å². The summed E-state index contributed by atoms with van der Waals surface area (Å²) in [6.45, 7) is 3.79. The van der Waals surface area contributed by atoms with Gasteiger partial charge in [0, 0.05) is 23.5 Å². The summed E-state index contributed by atoms with van der Waals surface area (Å²) in [6, 6.07) is 22.0. The Bertz CT molecular complexity index is 1150. The van der Waals surface area contributed by atoms with Gasteiger partial charge in [-0.25, -0.2) is 4.79 Å². The van der Waals surface area contributed by atoms with E-state index in [1.54, 1.807) is 30.3 Å². The van der Waals surface area contributed by atoms with Gasteiger partial charge < -0.3 is 25.0 Å². The van der Waals surface area contributed by atoms with Crippen molar-refractivity contribution in [2.24, 2.45) is 0 Å². The zero-order valence-corrected chi connectivity index (χ0v) is 22.5. The third kappa shape index (κ3) is 9.15. The normalized spacial score (nSPS) is 11.6. The molecule has 3 aromatic rings. The van der Waals surface area contributed by atoms with Crippen LogP contribution in [-0.2, 0) is 11.3 Å². The van der Waals surface area contributed by atoms with Gasteiger partial charge in [-0.3, -0.25) is 4.79 Å². The van der Waals surface area contributed by atoms with Gasteiger partial charge in [-0.2, -0.15) is 0 Å². The predicted octanol–water partition coefficient (Wildman–Crippen LogP) is 5.94. The van der Waals surface area contributed by atoms with Gasteiger partial charge in [-0.15, -0.1) is 12.6 Å². The summed E-state index contributed by atoms with van der Waals surface area (Å²) < 4.78 is 11.5. The van der Waals surface area contributed by atoms with E-state index in [0.29, 0.717) is 29.2 Å². The standard InChI is InChI=1S/C29H35N3O4S/c1-4-7-26(22-14-16-24(17-15-22)35-19-18-32(2)3)36-29(34)30-20-21-10-12-23(13-11-21)28(33)31-25-8-5-6-9-27(25)37/h5-6,8-17,26,37H,4,7,18-20H2,1-3H3,(H,30,34)(H,31,33)/t26-/m1/s1. The van der Waals surface area contributed by atoms with Crippen LogP contribution in [0.25, 0.3) is 0 Å². The minimum Gasteiger partial charge on any atom is -0.492 e. The Morgan fingerprint density at radius 2 is 1.68 bits per heavy atom. The molecule has 2 amide bonds. The highest BCUT2D eigenvalue weighted by Gasteiger charge is 2.16. The van der Waals surface area contributed by atoms with Crippen LogP contribution in [0, 0.1) is 0 Å². The van der Waals surface area contributed by atoms with Crippen LogP contribution in [-0.4, -0.2) is 44.1 Å². The molecule has 0 aliphatic rings. The summed E-state index contributed by atoms with van der Waals surface area (Å²) in [7, 11) is 4.01. The largest absolute Gasteiger partial charge is 0.492 e. The highest BCUT2D eigenvalue weighted by Crippen LogP contribution is 2.25. The van der Waals surface area contributed by atoms with E-state index in [-0.39, 0.29) is 18.6 Å². The predicted molar refractivity (Wildman–Crippen MR) is 150 cm³/mol. The number of nitrogens with zero attached hydrogens (tertiary/aromatic N) is 1. The number of hydrogen-bond acceptors (Lipinski definition) is 6. The van der Waals surface area contributed by atoms with E-state index in [1.165, 1.54) is 0 Å². The fourth-order valence-electron chi connectivity index (χ4n) is 3.57. The third-order valence-electron chi connectivity index (χ3n) is 5.66. The average molecular weight is 522 g/mol. The molecular weight excluding hydrogens is 486 g/mol. The number of rotatable bonds is 12. The number of anilines is 1. The van der Waals surface area contributed by atoms with Gasteiger partial charge >= 0.3 is 6.09 Å². The number of nitrogens with one attached hydrogen (secondary N) is 2. The van der Waals surface area contributed by atoms with E-state index < -0.39 is 6.09 Å². The minimum absolute atomic E-state index is 0.225. The van der Waals surface area contributed by atoms with Gasteiger partial charge in [-0.05, 0) is 68.0 Å². The summed E-state index contributed by atoms with van der Waals surface area (Å²) >= 11 is 4.36. The van der Waals surface area contributed by atoms with Crippen LogP contribution in [0.5, 0.6) is 5.75 Å². The second-order valence-corrected chi connectivity index (χ2v) is 9.41. The average Bonchev–Trinajstić information content (AvgIpc) is 2.89. The highest BCUT2D eigenvalue weighted by atomic mass is 32.1. The van der Waals surface area contributed by atoms with Crippen molar-refractivity contribution in [3.8, 4) is 5.75 Å². The molecule has 0 unspecified atom stereocenters. The zero-order valence-electron chi connectivity index (χ0n) is 21.6. The van der Waals surface area contributed by atoms with Gasteiger partial charge in [0.25, 0.3) is 5.91 Å². The van der Waals surface area contributed by atoms with E-state index in [1.807, 2.05) is 56.6 Å². The van der Waals surface area contributed by atoms with Crippen LogP contribution in [0.1, 0.15) is 47.4 Å². The van der Waals surface area contributed by atoms with Crippen molar-refractivity contribution in [2.45, 2.75) is 37.3 Å². The molecule has 196 valence electrons. The number of amides is 2. The maximum atomic E-state index is 12.5. The molecule has 8 heteroatoms. The van der Waals surface area contributed by atoms with Gasteiger partial charge in [0.15, 0.2) is 0 Å². The van der Waals surface area contributed by atoms with Gasteiger partial charge in [-0.1, -0.05) is 49.7 Å². The molecule has 37 heavy (non-hydrogen) atoms. The van der Waals surface area contributed by atoms with E-state index in [9.17, 15) is 9.59 Å². The summed E-state index contributed by atoms with van der Waals surface area (Å²) in [5.74, 6) is 0.564. The van der Waals surface area contributed by atoms with Crippen LogP contribution < -0.4 is 15.4 Å². The first kappa shape index (κ1) is 28.1. The number of benzene rings is 3. The van der Waals surface area contributed by atoms with E-state index in [4.69, 9.17) is 9.47 Å². The molecule has 0 spiro atoms. The Labute approximate surface area is 224 Å². The van der Waals surface area contributed by atoms with E-state index in [2.05, 4.69) is 35.1 Å². The zero-order chi connectivity index (χ0) is 26.6. The SMILES string of the molecule is CCC[C@@H](OC(=O)NCc1ccc(C(=O)Nc2ccccc2S)cc1)c1ccc(OCCN(C)C)cc1.